The highest BCUT2D eigenvalue weighted by Crippen LogP contribution is 2.49. The minimum atomic E-state index is -2.65. The second-order valence-electron chi connectivity index (χ2n) is 5.80. The van der Waals surface area contributed by atoms with Gasteiger partial charge < -0.3 is 0 Å². The van der Waals surface area contributed by atoms with E-state index in [2.05, 4.69) is 0 Å². The van der Waals surface area contributed by atoms with Crippen molar-refractivity contribution in [1.82, 2.24) is 4.57 Å². The molecule has 1 aliphatic carbocycles. The van der Waals surface area contributed by atoms with Crippen LogP contribution in [0.25, 0.3) is 21.3 Å². The molecule has 0 aliphatic heterocycles. The predicted molar refractivity (Wildman–Crippen MR) is 84.5 cm³/mol. The highest BCUT2D eigenvalue weighted by atomic mass is 32.1. The molecule has 6 heteroatoms. The predicted octanol–water partition coefficient (Wildman–Crippen LogP) is 4.52. The van der Waals surface area contributed by atoms with Crippen LogP contribution in [0.15, 0.2) is 47.3 Å². The molecule has 0 saturated heterocycles. The van der Waals surface area contributed by atoms with E-state index < -0.39 is 11.8 Å². The highest BCUT2D eigenvalue weighted by Gasteiger charge is 2.56. The van der Waals surface area contributed by atoms with Crippen molar-refractivity contribution in [2.45, 2.75) is 18.9 Å². The average molecular weight is 335 g/mol. The third-order valence-electron chi connectivity index (χ3n) is 4.21. The van der Waals surface area contributed by atoms with Crippen molar-refractivity contribution < 1.29 is 13.2 Å². The molecular weight excluding hydrogens is 323 g/mol. The van der Waals surface area contributed by atoms with Crippen molar-refractivity contribution in [2.24, 2.45) is 5.92 Å². The second-order valence-corrected chi connectivity index (χ2v) is 6.80. The van der Waals surface area contributed by atoms with Crippen LogP contribution in [0.3, 0.4) is 0 Å². The number of nitrogens with zero attached hydrogens (tertiary/aromatic N) is 1. The van der Waals surface area contributed by atoms with E-state index in [1.54, 1.807) is 36.4 Å². The molecule has 2 nitrogen and oxygen atoms in total. The van der Waals surface area contributed by atoms with Crippen molar-refractivity contribution in [2.75, 3.05) is 0 Å². The summed E-state index contributed by atoms with van der Waals surface area (Å²) in [5.74, 6) is -3.75. The standard InChI is InChI=1S/C17H12F3NOS/c18-13-4-2-1-3-12(13)10-5-6-14-15(7-10)23-16(22)21(14)9-11-8-17(11,19)20/h1-7,11H,8-9H2. The largest absolute Gasteiger partial charge is 0.308 e. The van der Waals surface area contributed by atoms with E-state index in [0.29, 0.717) is 21.3 Å². The number of benzene rings is 2. The molecule has 118 valence electrons. The van der Waals surface area contributed by atoms with Gasteiger partial charge in [-0.25, -0.2) is 13.2 Å². The van der Waals surface area contributed by atoms with Crippen LogP contribution in [0, 0.1) is 11.7 Å². The first-order chi connectivity index (χ1) is 11.0. The summed E-state index contributed by atoms with van der Waals surface area (Å²) in [4.78, 5) is 11.8. The Hall–Kier alpha value is -2.08. The van der Waals surface area contributed by atoms with E-state index in [9.17, 15) is 18.0 Å². The van der Waals surface area contributed by atoms with Crippen LogP contribution >= 0.6 is 11.3 Å². The molecule has 1 aromatic heterocycles. The van der Waals surface area contributed by atoms with Gasteiger partial charge in [-0.05, 0) is 23.8 Å². The Labute approximate surface area is 133 Å². The maximum absolute atomic E-state index is 13.9. The zero-order chi connectivity index (χ0) is 16.2. The molecular formula is C17H12F3NOS. The normalized spacial score (nSPS) is 19.2. The lowest BCUT2D eigenvalue weighted by Crippen LogP contribution is -2.15. The fraction of sp³-hybridized carbons (Fsp3) is 0.235. The summed E-state index contributed by atoms with van der Waals surface area (Å²) in [5, 5.41) is 0. The molecule has 0 N–H and O–H groups in total. The van der Waals surface area contributed by atoms with Crippen LogP contribution in [0.4, 0.5) is 13.2 Å². The van der Waals surface area contributed by atoms with Gasteiger partial charge in [0.25, 0.3) is 5.92 Å². The maximum atomic E-state index is 13.9. The lowest BCUT2D eigenvalue weighted by atomic mass is 10.1. The molecule has 1 saturated carbocycles. The van der Waals surface area contributed by atoms with E-state index >= 15 is 0 Å². The third kappa shape index (κ3) is 2.47. The molecule has 1 unspecified atom stereocenters. The van der Waals surface area contributed by atoms with Crippen molar-refractivity contribution in [3.63, 3.8) is 0 Å². The molecule has 1 fully saturated rings. The van der Waals surface area contributed by atoms with Crippen LogP contribution in [0.2, 0.25) is 0 Å². The number of thiazole rings is 1. The van der Waals surface area contributed by atoms with Gasteiger partial charge in [-0.3, -0.25) is 9.36 Å². The van der Waals surface area contributed by atoms with Gasteiger partial charge in [0, 0.05) is 24.4 Å². The Balaban J connectivity index is 1.77. The SMILES string of the molecule is O=c1sc2cc(-c3ccccc3F)ccc2n1CC1CC1(F)F. The number of aromatic nitrogens is 1. The maximum Gasteiger partial charge on any atom is 0.308 e. The first-order valence-corrected chi connectivity index (χ1v) is 8.03. The summed E-state index contributed by atoms with van der Waals surface area (Å²) in [7, 11) is 0. The summed E-state index contributed by atoms with van der Waals surface area (Å²) in [6.45, 7) is 0.0326. The summed E-state index contributed by atoms with van der Waals surface area (Å²) in [5.41, 5.74) is 1.75. The summed E-state index contributed by atoms with van der Waals surface area (Å²) in [6.07, 6.45) is -0.163. The molecule has 0 amide bonds. The molecule has 1 aliphatic rings. The second kappa shape index (κ2) is 4.96. The van der Waals surface area contributed by atoms with Crippen molar-refractivity contribution in [3.05, 3.63) is 57.9 Å². The van der Waals surface area contributed by atoms with E-state index in [1.807, 2.05) is 0 Å². The van der Waals surface area contributed by atoms with Gasteiger partial charge >= 0.3 is 4.87 Å². The average Bonchev–Trinajstić information content (AvgIpc) is 2.99. The smallest absolute Gasteiger partial charge is 0.298 e. The number of alkyl halides is 2. The topological polar surface area (TPSA) is 22.0 Å². The molecule has 3 aromatic rings. The van der Waals surface area contributed by atoms with E-state index in [0.717, 1.165) is 11.3 Å². The first-order valence-electron chi connectivity index (χ1n) is 7.22. The van der Waals surface area contributed by atoms with Crippen molar-refractivity contribution in [1.29, 1.82) is 0 Å². The van der Waals surface area contributed by atoms with Gasteiger partial charge in [-0.2, -0.15) is 0 Å². The minimum absolute atomic E-state index is 0.0326. The Bertz CT molecular complexity index is 960. The number of hydrogen-bond acceptors (Lipinski definition) is 2. The molecule has 0 bridgehead atoms. The van der Waals surface area contributed by atoms with Crippen LogP contribution in [0.5, 0.6) is 0 Å². The van der Waals surface area contributed by atoms with Gasteiger partial charge in [0.2, 0.25) is 0 Å². The summed E-state index contributed by atoms with van der Waals surface area (Å²) >= 11 is 1.00. The Morgan fingerprint density at radius 2 is 1.96 bits per heavy atom. The molecule has 2 aromatic carbocycles. The number of halogens is 3. The lowest BCUT2D eigenvalue weighted by molar-refractivity contribution is 0.0953. The monoisotopic (exact) mass is 335 g/mol. The van der Waals surface area contributed by atoms with Gasteiger partial charge in [0.05, 0.1) is 10.2 Å². The van der Waals surface area contributed by atoms with Gasteiger partial charge in [-0.1, -0.05) is 35.6 Å². The number of hydrogen-bond donors (Lipinski definition) is 0. The van der Waals surface area contributed by atoms with Crippen LogP contribution in [-0.2, 0) is 6.54 Å². The number of rotatable bonds is 3. The van der Waals surface area contributed by atoms with Crippen molar-refractivity contribution in [3.8, 4) is 11.1 Å². The van der Waals surface area contributed by atoms with Crippen LogP contribution in [-0.4, -0.2) is 10.5 Å². The van der Waals surface area contributed by atoms with Gasteiger partial charge in [0.1, 0.15) is 5.82 Å². The zero-order valence-electron chi connectivity index (χ0n) is 11.9. The quantitative estimate of drug-likeness (QED) is 0.689. The Morgan fingerprint density at radius 3 is 2.65 bits per heavy atom. The molecule has 1 atom stereocenters. The third-order valence-corrected chi connectivity index (χ3v) is 5.15. The first kappa shape index (κ1) is 14.5. The van der Waals surface area contributed by atoms with E-state index in [-0.39, 0.29) is 23.7 Å². The van der Waals surface area contributed by atoms with E-state index in [1.165, 1.54) is 10.6 Å². The Kier molecular flexibility index (Phi) is 3.13. The molecule has 0 spiro atoms. The minimum Gasteiger partial charge on any atom is -0.298 e. The van der Waals surface area contributed by atoms with Gasteiger partial charge in [0.15, 0.2) is 0 Å². The molecule has 23 heavy (non-hydrogen) atoms. The van der Waals surface area contributed by atoms with E-state index in [4.69, 9.17) is 0 Å². The number of fused-ring (bicyclic) bond motifs is 1. The highest BCUT2D eigenvalue weighted by molar-refractivity contribution is 7.16. The zero-order valence-corrected chi connectivity index (χ0v) is 12.7. The lowest BCUT2D eigenvalue weighted by Gasteiger charge is -2.05. The van der Waals surface area contributed by atoms with Gasteiger partial charge in [-0.15, -0.1) is 0 Å². The molecule has 4 rings (SSSR count). The fourth-order valence-electron chi connectivity index (χ4n) is 2.79. The van der Waals surface area contributed by atoms with Crippen LogP contribution < -0.4 is 4.87 Å². The van der Waals surface area contributed by atoms with Crippen LogP contribution in [0.1, 0.15) is 6.42 Å². The molecule has 0 radical (unpaired) electrons. The summed E-state index contributed by atoms with van der Waals surface area (Å²) in [6, 6.07) is 11.6. The summed E-state index contributed by atoms with van der Waals surface area (Å²) < 4.78 is 42.2. The van der Waals surface area contributed by atoms with Crippen molar-refractivity contribution >= 4 is 21.6 Å². The molecule has 1 heterocycles. The Morgan fingerprint density at radius 1 is 1.22 bits per heavy atom. The fourth-order valence-corrected chi connectivity index (χ4v) is 3.73.